The van der Waals surface area contributed by atoms with Crippen LogP contribution >= 0.6 is 0 Å². The minimum absolute atomic E-state index is 0.0246. The number of carbonyl (C=O) groups excluding carboxylic acids is 1. The summed E-state index contributed by atoms with van der Waals surface area (Å²) in [6, 6.07) is 3.90. The second-order valence-corrected chi connectivity index (χ2v) is 8.20. The maximum atomic E-state index is 13.0. The minimum Gasteiger partial charge on any atom is -0.353 e. The molecule has 1 N–H and O–H groups in total. The van der Waals surface area contributed by atoms with Gasteiger partial charge in [0.2, 0.25) is 15.9 Å². The van der Waals surface area contributed by atoms with Crippen molar-refractivity contribution in [1.29, 1.82) is 0 Å². The molecule has 0 spiro atoms. The fraction of sp³-hybridized carbons (Fsp3) is 0.588. The molecule has 128 valence electrons. The van der Waals surface area contributed by atoms with Crippen molar-refractivity contribution in [2.45, 2.75) is 57.9 Å². The van der Waals surface area contributed by atoms with Gasteiger partial charge in [-0.05, 0) is 44.7 Å². The topological polar surface area (TPSA) is 66.5 Å². The van der Waals surface area contributed by atoms with Crippen LogP contribution in [0.4, 0.5) is 0 Å². The number of nitrogens with one attached hydrogen (secondary N) is 1. The summed E-state index contributed by atoms with van der Waals surface area (Å²) in [7, 11) is -3.48. The molecule has 0 bridgehead atoms. The standard InChI is InChI=1S/C17H26N2O3S/c1-5-16(20)18-15-6-8-19(9-7-15)23(21,22)17-13(3)10-12(2)11-14(17)4/h10-11,15H,5-9H2,1-4H3,(H,18,20). The molecule has 1 saturated heterocycles. The smallest absolute Gasteiger partial charge is 0.243 e. The molecule has 0 saturated carbocycles. The van der Waals surface area contributed by atoms with E-state index in [2.05, 4.69) is 5.32 Å². The van der Waals surface area contributed by atoms with Gasteiger partial charge >= 0.3 is 0 Å². The first-order valence-electron chi connectivity index (χ1n) is 8.13. The van der Waals surface area contributed by atoms with Gasteiger partial charge in [-0.2, -0.15) is 4.31 Å². The molecule has 23 heavy (non-hydrogen) atoms. The van der Waals surface area contributed by atoms with Gasteiger partial charge in [0.05, 0.1) is 4.90 Å². The third-order valence-electron chi connectivity index (χ3n) is 4.34. The molecule has 1 aliphatic rings. The minimum atomic E-state index is -3.48. The second-order valence-electron chi connectivity index (χ2n) is 6.33. The summed E-state index contributed by atoms with van der Waals surface area (Å²) in [5.74, 6) is 0.0246. The van der Waals surface area contributed by atoms with Crippen LogP contribution in [0.15, 0.2) is 17.0 Å². The van der Waals surface area contributed by atoms with E-state index in [1.54, 1.807) is 4.31 Å². The first-order chi connectivity index (χ1) is 10.8. The molecule has 1 heterocycles. The van der Waals surface area contributed by atoms with Gasteiger partial charge in [0.1, 0.15) is 0 Å². The van der Waals surface area contributed by atoms with E-state index >= 15 is 0 Å². The Labute approximate surface area is 139 Å². The Bertz CT molecular complexity index is 667. The van der Waals surface area contributed by atoms with Crippen molar-refractivity contribution in [1.82, 2.24) is 9.62 Å². The van der Waals surface area contributed by atoms with Crippen LogP contribution in [0.25, 0.3) is 0 Å². The third kappa shape index (κ3) is 3.93. The number of aryl methyl sites for hydroxylation is 3. The van der Waals surface area contributed by atoms with Crippen molar-refractivity contribution in [2.75, 3.05) is 13.1 Å². The number of carbonyl (C=O) groups is 1. The van der Waals surface area contributed by atoms with Crippen molar-refractivity contribution in [3.05, 3.63) is 28.8 Å². The molecular weight excluding hydrogens is 312 g/mol. The number of sulfonamides is 1. The monoisotopic (exact) mass is 338 g/mol. The van der Waals surface area contributed by atoms with Crippen LogP contribution < -0.4 is 5.32 Å². The summed E-state index contributed by atoms with van der Waals surface area (Å²) in [5.41, 5.74) is 2.66. The van der Waals surface area contributed by atoms with Gasteiger partial charge in [-0.25, -0.2) is 8.42 Å². The number of piperidine rings is 1. The predicted molar refractivity (Wildman–Crippen MR) is 90.9 cm³/mol. The lowest BCUT2D eigenvalue weighted by molar-refractivity contribution is -0.121. The molecule has 1 aromatic carbocycles. The molecule has 0 aromatic heterocycles. The zero-order valence-corrected chi connectivity index (χ0v) is 15.2. The Morgan fingerprint density at radius 2 is 1.70 bits per heavy atom. The average molecular weight is 338 g/mol. The van der Waals surface area contributed by atoms with E-state index in [-0.39, 0.29) is 11.9 Å². The van der Waals surface area contributed by atoms with Crippen LogP contribution in [-0.4, -0.2) is 37.8 Å². The van der Waals surface area contributed by atoms with E-state index in [9.17, 15) is 13.2 Å². The fourth-order valence-corrected chi connectivity index (χ4v) is 5.15. The van der Waals surface area contributed by atoms with Crippen molar-refractivity contribution in [3.8, 4) is 0 Å². The molecule has 1 fully saturated rings. The lowest BCUT2D eigenvalue weighted by atomic mass is 10.1. The van der Waals surface area contributed by atoms with Crippen molar-refractivity contribution >= 4 is 15.9 Å². The van der Waals surface area contributed by atoms with E-state index in [0.717, 1.165) is 16.7 Å². The molecule has 0 unspecified atom stereocenters. The number of amides is 1. The first-order valence-corrected chi connectivity index (χ1v) is 9.57. The van der Waals surface area contributed by atoms with Crippen molar-refractivity contribution in [2.24, 2.45) is 0 Å². The summed E-state index contributed by atoms with van der Waals surface area (Å²) < 4.78 is 27.5. The van der Waals surface area contributed by atoms with E-state index in [4.69, 9.17) is 0 Å². The van der Waals surface area contributed by atoms with Gasteiger partial charge in [0.25, 0.3) is 0 Å². The van der Waals surface area contributed by atoms with Crippen LogP contribution in [0.5, 0.6) is 0 Å². The number of benzene rings is 1. The summed E-state index contributed by atoms with van der Waals surface area (Å²) in [5, 5.41) is 2.95. The first kappa shape index (κ1) is 17.9. The highest BCUT2D eigenvalue weighted by Crippen LogP contribution is 2.27. The number of nitrogens with zero attached hydrogens (tertiary/aromatic N) is 1. The quantitative estimate of drug-likeness (QED) is 0.916. The van der Waals surface area contributed by atoms with Crippen LogP contribution in [0, 0.1) is 20.8 Å². The molecule has 2 rings (SSSR count). The molecule has 0 aliphatic carbocycles. The molecule has 6 heteroatoms. The van der Waals surface area contributed by atoms with Gasteiger partial charge in [-0.3, -0.25) is 4.79 Å². The van der Waals surface area contributed by atoms with Crippen LogP contribution in [0.2, 0.25) is 0 Å². The molecule has 1 aromatic rings. The maximum absolute atomic E-state index is 13.0. The van der Waals surface area contributed by atoms with Gasteiger partial charge in [-0.15, -0.1) is 0 Å². The molecule has 0 atom stereocenters. The van der Waals surface area contributed by atoms with E-state index in [1.807, 2.05) is 39.8 Å². The Hall–Kier alpha value is -1.40. The summed E-state index contributed by atoms with van der Waals surface area (Å²) in [6.45, 7) is 8.38. The molecular formula is C17H26N2O3S. The molecule has 0 radical (unpaired) electrons. The summed E-state index contributed by atoms with van der Waals surface area (Å²) in [6.07, 6.45) is 1.78. The Balaban J connectivity index is 2.15. The second kappa shape index (κ2) is 7.01. The number of hydrogen-bond acceptors (Lipinski definition) is 3. The zero-order chi connectivity index (χ0) is 17.2. The Kier molecular flexibility index (Phi) is 5.47. The highest BCUT2D eigenvalue weighted by atomic mass is 32.2. The third-order valence-corrected chi connectivity index (χ3v) is 6.55. The number of hydrogen-bond donors (Lipinski definition) is 1. The fourth-order valence-electron chi connectivity index (χ4n) is 3.27. The molecule has 5 nitrogen and oxygen atoms in total. The summed E-state index contributed by atoms with van der Waals surface area (Å²) >= 11 is 0. The highest BCUT2D eigenvalue weighted by Gasteiger charge is 2.31. The van der Waals surface area contributed by atoms with Gasteiger partial charge in [-0.1, -0.05) is 24.6 Å². The molecule has 1 amide bonds. The average Bonchev–Trinajstić information content (AvgIpc) is 2.46. The maximum Gasteiger partial charge on any atom is 0.243 e. The lowest BCUT2D eigenvalue weighted by Gasteiger charge is -2.32. The van der Waals surface area contributed by atoms with Gasteiger partial charge in [0.15, 0.2) is 0 Å². The largest absolute Gasteiger partial charge is 0.353 e. The summed E-state index contributed by atoms with van der Waals surface area (Å²) in [4.78, 5) is 11.9. The lowest BCUT2D eigenvalue weighted by Crippen LogP contribution is -2.46. The van der Waals surface area contributed by atoms with Crippen molar-refractivity contribution < 1.29 is 13.2 Å². The zero-order valence-electron chi connectivity index (χ0n) is 14.3. The van der Waals surface area contributed by atoms with Crippen LogP contribution in [-0.2, 0) is 14.8 Å². The SMILES string of the molecule is CCC(=O)NC1CCN(S(=O)(=O)c2c(C)cc(C)cc2C)CC1. The van der Waals surface area contributed by atoms with Crippen LogP contribution in [0.3, 0.4) is 0 Å². The Morgan fingerprint density at radius 1 is 1.17 bits per heavy atom. The van der Waals surface area contributed by atoms with E-state index in [1.165, 1.54) is 0 Å². The van der Waals surface area contributed by atoms with Gasteiger partial charge < -0.3 is 5.32 Å². The Morgan fingerprint density at radius 3 is 2.17 bits per heavy atom. The van der Waals surface area contributed by atoms with E-state index < -0.39 is 10.0 Å². The van der Waals surface area contributed by atoms with Gasteiger partial charge in [0, 0.05) is 25.6 Å². The predicted octanol–water partition coefficient (Wildman–Crippen LogP) is 2.29. The molecule has 1 aliphatic heterocycles. The highest BCUT2D eigenvalue weighted by molar-refractivity contribution is 7.89. The number of rotatable bonds is 4. The van der Waals surface area contributed by atoms with E-state index in [0.29, 0.717) is 37.2 Å². The van der Waals surface area contributed by atoms with Crippen molar-refractivity contribution in [3.63, 3.8) is 0 Å². The van der Waals surface area contributed by atoms with Crippen LogP contribution in [0.1, 0.15) is 42.9 Å². The normalized spacial score (nSPS) is 17.2.